The molecule has 0 aliphatic rings. The van der Waals surface area contributed by atoms with E-state index in [1.54, 1.807) is 0 Å². The maximum absolute atomic E-state index is 13.4. The fraction of sp³-hybridized carbons (Fsp3) is 0.925. The summed E-state index contributed by atoms with van der Waals surface area (Å²) < 4.78 is 30.1. The van der Waals surface area contributed by atoms with Crippen molar-refractivity contribution in [3.63, 3.8) is 0 Å². The van der Waals surface area contributed by atoms with Crippen molar-refractivity contribution in [1.82, 2.24) is 5.32 Å². The third-order valence-electron chi connectivity index (χ3n) is 12.2. The van der Waals surface area contributed by atoms with Crippen LogP contribution in [0.2, 0.25) is 0 Å². The Labute approximate surface area is 391 Å². The molecule has 0 aromatic rings. The van der Waals surface area contributed by atoms with E-state index in [0.717, 1.165) is 57.8 Å². The normalized spacial score (nSPS) is 14.0. The lowest BCUT2D eigenvalue weighted by atomic mass is 10.0. The summed E-state index contributed by atoms with van der Waals surface area (Å²) in [5, 5.41) is 3.02. The standard InChI is InChI=1S/C53H105N2O7P/c1-7-10-13-16-19-22-25-26-27-28-31-33-36-39-42-45-52(56)54-50(49-61-63(58,59)60-48-47-55(4,5)6)51(44-41-38-35-32-29-23-20-17-14-11-8-2)62-53(57)46-43-40-37-34-30-24-21-18-15-12-9-3/h41,44,50-51H,7-40,42-43,45-49H2,1-6H3,(H-,54,56,58,59)/b44-41+. The topological polar surface area (TPSA) is 114 Å². The van der Waals surface area contributed by atoms with Gasteiger partial charge in [-0.15, -0.1) is 0 Å². The van der Waals surface area contributed by atoms with Crippen LogP contribution in [0, 0.1) is 0 Å². The highest BCUT2D eigenvalue weighted by molar-refractivity contribution is 7.45. The number of hydrogen-bond acceptors (Lipinski definition) is 7. The SMILES string of the molecule is CCCCCCCCCCC/C=C/C(OC(=O)CCCCCCCCCCCCC)C(COP(=O)([O-])OCC[N+](C)(C)C)NC(=O)CCCCCCCCCCCCCCCCC. The van der Waals surface area contributed by atoms with Gasteiger partial charge in [-0.2, -0.15) is 0 Å². The third kappa shape index (κ3) is 45.7. The molecule has 0 bridgehead atoms. The number of likely N-dealkylation sites (N-methyl/N-ethyl adjacent to an activating group) is 1. The molecular formula is C53H105N2O7P. The number of esters is 1. The molecule has 10 heteroatoms. The Bertz CT molecular complexity index is 1100. The van der Waals surface area contributed by atoms with Gasteiger partial charge in [0.25, 0.3) is 7.82 Å². The molecule has 0 saturated heterocycles. The van der Waals surface area contributed by atoms with Crippen molar-refractivity contribution >= 4 is 19.7 Å². The van der Waals surface area contributed by atoms with E-state index >= 15 is 0 Å². The van der Waals surface area contributed by atoms with Crippen molar-refractivity contribution in [2.45, 2.75) is 277 Å². The lowest BCUT2D eigenvalue weighted by Crippen LogP contribution is -2.47. The largest absolute Gasteiger partial charge is 0.756 e. The lowest BCUT2D eigenvalue weighted by Gasteiger charge is -2.30. The zero-order chi connectivity index (χ0) is 46.5. The summed E-state index contributed by atoms with van der Waals surface area (Å²) in [6.45, 7) is 6.85. The number of rotatable bonds is 49. The molecule has 0 radical (unpaired) electrons. The zero-order valence-corrected chi connectivity index (χ0v) is 43.4. The second-order valence-electron chi connectivity index (χ2n) is 19.7. The minimum absolute atomic E-state index is 0.0173. The van der Waals surface area contributed by atoms with E-state index in [1.165, 1.54) is 173 Å². The van der Waals surface area contributed by atoms with Crippen LogP contribution in [-0.2, 0) is 27.9 Å². The van der Waals surface area contributed by atoms with Gasteiger partial charge in [0.1, 0.15) is 19.3 Å². The van der Waals surface area contributed by atoms with E-state index in [-0.39, 0.29) is 31.5 Å². The average molecular weight is 913 g/mol. The van der Waals surface area contributed by atoms with Crippen LogP contribution >= 0.6 is 7.82 Å². The Balaban J connectivity index is 5.33. The minimum atomic E-state index is -4.68. The molecule has 1 amide bonds. The van der Waals surface area contributed by atoms with E-state index in [2.05, 4.69) is 26.1 Å². The van der Waals surface area contributed by atoms with Crippen LogP contribution in [0.4, 0.5) is 0 Å². The molecule has 3 atom stereocenters. The predicted octanol–water partition coefficient (Wildman–Crippen LogP) is 15.0. The van der Waals surface area contributed by atoms with Crippen LogP contribution in [0.3, 0.4) is 0 Å². The van der Waals surface area contributed by atoms with Crippen LogP contribution in [0.25, 0.3) is 0 Å². The zero-order valence-electron chi connectivity index (χ0n) is 42.6. The summed E-state index contributed by atoms with van der Waals surface area (Å²) in [7, 11) is 1.20. The maximum Gasteiger partial charge on any atom is 0.306 e. The highest BCUT2D eigenvalue weighted by Crippen LogP contribution is 2.38. The van der Waals surface area contributed by atoms with Gasteiger partial charge in [0.15, 0.2) is 0 Å². The van der Waals surface area contributed by atoms with Crippen molar-refractivity contribution in [1.29, 1.82) is 0 Å². The van der Waals surface area contributed by atoms with Gasteiger partial charge in [-0.25, -0.2) is 0 Å². The number of ether oxygens (including phenoxy) is 1. The van der Waals surface area contributed by atoms with Gasteiger partial charge in [-0.1, -0.05) is 232 Å². The molecule has 0 aliphatic heterocycles. The Morgan fingerprint density at radius 3 is 1.30 bits per heavy atom. The van der Waals surface area contributed by atoms with Crippen molar-refractivity contribution in [3.8, 4) is 0 Å². The number of hydrogen-bond donors (Lipinski definition) is 1. The molecule has 0 aromatic carbocycles. The first kappa shape index (κ1) is 61.8. The number of carbonyl (C=O) groups is 2. The quantitative estimate of drug-likeness (QED) is 0.0213. The molecule has 0 saturated carbocycles. The number of phosphoric acid groups is 1. The van der Waals surface area contributed by atoms with Crippen LogP contribution in [0.15, 0.2) is 12.2 Å². The van der Waals surface area contributed by atoms with E-state index in [0.29, 0.717) is 17.4 Å². The summed E-state index contributed by atoms with van der Waals surface area (Å²) in [4.78, 5) is 39.6. The molecule has 0 fully saturated rings. The molecule has 374 valence electrons. The highest BCUT2D eigenvalue weighted by Gasteiger charge is 2.27. The van der Waals surface area contributed by atoms with Gasteiger partial charge < -0.3 is 28.5 Å². The summed E-state index contributed by atoms with van der Waals surface area (Å²) >= 11 is 0. The number of nitrogens with one attached hydrogen (secondary N) is 1. The number of nitrogens with zero attached hydrogens (tertiary/aromatic N) is 1. The molecule has 1 N–H and O–H groups in total. The lowest BCUT2D eigenvalue weighted by molar-refractivity contribution is -0.870. The second kappa shape index (κ2) is 44.6. The molecule has 0 aliphatic carbocycles. The van der Waals surface area contributed by atoms with Crippen molar-refractivity contribution in [2.24, 2.45) is 0 Å². The average Bonchev–Trinajstić information content (AvgIpc) is 3.23. The number of unbranched alkanes of at least 4 members (excludes halogenated alkanes) is 33. The van der Waals surface area contributed by atoms with E-state index < -0.39 is 20.0 Å². The van der Waals surface area contributed by atoms with Gasteiger partial charge in [0, 0.05) is 12.8 Å². The van der Waals surface area contributed by atoms with Crippen LogP contribution in [-0.4, -0.2) is 69.4 Å². The Morgan fingerprint density at radius 2 is 0.905 bits per heavy atom. The Morgan fingerprint density at radius 1 is 0.540 bits per heavy atom. The number of carbonyl (C=O) groups excluding carboxylic acids is 2. The Kier molecular flexibility index (Phi) is 43.7. The molecule has 9 nitrogen and oxygen atoms in total. The van der Waals surface area contributed by atoms with Crippen molar-refractivity contribution in [2.75, 3.05) is 40.9 Å². The highest BCUT2D eigenvalue weighted by atomic mass is 31.2. The number of phosphoric ester groups is 1. The fourth-order valence-electron chi connectivity index (χ4n) is 7.99. The van der Waals surface area contributed by atoms with Gasteiger partial charge in [0.2, 0.25) is 5.91 Å². The van der Waals surface area contributed by atoms with Gasteiger partial charge >= 0.3 is 5.97 Å². The fourth-order valence-corrected chi connectivity index (χ4v) is 8.72. The first-order chi connectivity index (χ1) is 30.4. The van der Waals surface area contributed by atoms with Crippen molar-refractivity contribution < 1.29 is 37.3 Å². The number of quaternary nitrogens is 1. The third-order valence-corrected chi connectivity index (χ3v) is 13.2. The van der Waals surface area contributed by atoms with Crippen LogP contribution in [0.5, 0.6) is 0 Å². The van der Waals surface area contributed by atoms with E-state index in [9.17, 15) is 19.0 Å². The summed E-state index contributed by atoms with van der Waals surface area (Å²) in [5.74, 6) is -0.529. The number of amides is 1. The smallest absolute Gasteiger partial charge is 0.306 e. The molecule has 63 heavy (non-hydrogen) atoms. The molecule has 0 spiro atoms. The summed E-state index contributed by atoms with van der Waals surface area (Å²) in [6.07, 6.45) is 47.4. The predicted molar refractivity (Wildman–Crippen MR) is 266 cm³/mol. The maximum atomic E-state index is 13.4. The molecule has 0 aromatic heterocycles. The molecular weight excluding hydrogens is 808 g/mol. The first-order valence-corrected chi connectivity index (χ1v) is 28.5. The van der Waals surface area contributed by atoms with Gasteiger partial charge in [-0.05, 0) is 31.8 Å². The minimum Gasteiger partial charge on any atom is -0.756 e. The summed E-state index contributed by atoms with van der Waals surface area (Å²) in [6, 6.07) is -0.876. The van der Waals surface area contributed by atoms with Crippen LogP contribution in [0.1, 0.15) is 265 Å². The van der Waals surface area contributed by atoms with Crippen LogP contribution < -0.4 is 10.2 Å². The number of allylic oxidation sites excluding steroid dienone is 1. The molecule has 3 unspecified atom stereocenters. The Hall–Kier alpha value is -1.25. The first-order valence-electron chi connectivity index (χ1n) is 27.0. The van der Waals surface area contributed by atoms with E-state index in [4.69, 9.17) is 13.8 Å². The van der Waals surface area contributed by atoms with E-state index in [1.807, 2.05) is 33.3 Å². The molecule has 0 rings (SSSR count). The second-order valence-corrected chi connectivity index (χ2v) is 21.2. The summed E-state index contributed by atoms with van der Waals surface area (Å²) in [5.41, 5.74) is 0. The monoisotopic (exact) mass is 913 g/mol. The molecule has 0 heterocycles. The van der Waals surface area contributed by atoms with Gasteiger partial charge in [0.05, 0.1) is 33.8 Å². The van der Waals surface area contributed by atoms with Crippen molar-refractivity contribution in [3.05, 3.63) is 12.2 Å². The van der Waals surface area contributed by atoms with Gasteiger partial charge in [-0.3, -0.25) is 14.2 Å².